The first kappa shape index (κ1) is 23.3. The highest BCUT2D eigenvalue weighted by atomic mass is 32.2. The topological polar surface area (TPSA) is 76.5 Å². The van der Waals surface area contributed by atoms with Crippen LogP contribution >= 0.6 is 0 Å². The standard InChI is InChI=1S/C24H36N4O3S/c1-18-23(19(2)28(26-18)21-11-14-32(29,30)17-21)15-25-16-24(27-12-5-4-6-13-27)20-7-9-22(31-3)10-8-20/h7-10,21,24-25H,4-6,11-17H2,1-3H3/t21-,24-/m1/s1. The summed E-state index contributed by atoms with van der Waals surface area (Å²) in [4.78, 5) is 2.59. The molecular formula is C24H36N4O3S. The van der Waals surface area contributed by atoms with Crippen LogP contribution in [0.5, 0.6) is 5.75 Å². The van der Waals surface area contributed by atoms with Crippen molar-refractivity contribution in [1.82, 2.24) is 20.0 Å². The highest BCUT2D eigenvalue weighted by Gasteiger charge is 2.31. The van der Waals surface area contributed by atoms with Crippen LogP contribution < -0.4 is 10.1 Å². The fourth-order valence-corrected chi connectivity index (χ4v) is 6.82. The molecule has 176 valence electrons. The quantitative estimate of drug-likeness (QED) is 0.652. The van der Waals surface area contributed by atoms with Crippen molar-refractivity contribution in [3.63, 3.8) is 0 Å². The minimum absolute atomic E-state index is 0.0344. The normalized spacial score (nSPS) is 22.2. The molecule has 0 amide bonds. The van der Waals surface area contributed by atoms with E-state index in [1.54, 1.807) is 7.11 Å². The van der Waals surface area contributed by atoms with Gasteiger partial charge in [0.25, 0.3) is 0 Å². The van der Waals surface area contributed by atoms with Crippen molar-refractivity contribution in [2.75, 3.05) is 38.2 Å². The molecule has 32 heavy (non-hydrogen) atoms. The molecule has 2 fully saturated rings. The molecule has 2 saturated heterocycles. The Bertz CT molecular complexity index is 1010. The lowest BCUT2D eigenvalue weighted by molar-refractivity contribution is 0.160. The first-order chi connectivity index (χ1) is 15.4. The number of ether oxygens (including phenoxy) is 1. The van der Waals surface area contributed by atoms with Crippen LogP contribution in [0.1, 0.15) is 60.3 Å². The summed E-state index contributed by atoms with van der Waals surface area (Å²) in [7, 11) is -1.23. The van der Waals surface area contributed by atoms with Gasteiger partial charge in [0.2, 0.25) is 0 Å². The van der Waals surface area contributed by atoms with Crippen molar-refractivity contribution in [1.29, 1.82) is 0 Å². The Morgan fingerprint density at radius 2 is 1.88 bits per heavy atom. The molecule has 0 bridgehead atoms. The van der Waals surface area contributed by atoms with Crippen LogP contribution in [0.15, 0.2) is 24.3 Å². The Morgan fingerprint density at radius 3 is 2.50 bits per heavy atom. The number of benzene rings is 1. The number of sulfone groups is 1. The first-order valence-corrected chi connectivity index (χ1v) is 13.5. The summed E-state index contributed by atoms with van der Waals surface area (Å²) < 4.78 is 31.1. The average molecular weight is 461 g/mol. The highest BCUT2D eigenvalue weighted by Crippen LogP contribution is 2.28. The van der Waals surface area contributed by atoms with E-state index < -0.39 is 9.84 Å². The zero-order valence-electron chi connectivity index (χ0n) is 19.5. The van der Waals surface area contributed by atoms with Crippen molar-refractivity contribution in [2.24, 2.45) is 0 Å². The number of likely N-dealkylation sites (tertiary alicyclic amines) is 1. The van der Waals surface area contributed by atoms with E-state index in [9.17, 15) is 8.42 Å². The number of methoxy groups -OCH3 is 1. The third kappa shape index (κ3) is 5.18. The second kappa shape index (κ2) is 9.93. The Morgan fingerprint density at radius 1 is 1.16 bits per heavy atom. The molecule has 1 aromatic carbocycles. The molecule has 1 aromatic heterocycles. The summed E-state index contributed by atoms with van der Waals surface area (Å²) >= 11 is 0. The summed E-state index contributed by atoms with van der Waals surface area (Å²) in [6.45, 7) is 7.93. The predicted octanol–water partition coefficient (Wildman–Crippen LogP) is 3.18. The molecule has 0 radical (unpaired) electrons. The number of nitrogens with one attached hydrogen (secondary N) is 1. The van der Waals surface area contributed by atoms with Gasteiger partial charge in [0.05, 0.1) is 30.4 Å². The van der Waals surface area contributed by atoms with Crippen LogP contribution in [0.3, 0.4) is 0 Å². The largest absolute Gasteiger partial charge is 0.497 e. The fourth-order valence-electron chi connectivity index (χ4n) is 5.12. The molecule has 1 N–H and O–H groups in total. The predicted molar refractivity (Wildman–Crippen MR) is 127 cm³/mol. The van der Waals surface area contributed by atoms with Crippen LogP contribution in [0.25, 0.3) is 0 Å². The molecule has 0 spiro atoms. The Kier molecular flexibility index (Phi) is 7.22. The van der Waals surface area contributed by atoms with Gasteiger partial charge in [-0.05, 0) is 63.9 Å². The van der Waals surface area contributed by atoms with Gasteiger partial charge in [-0.3, -0.25) is 9.58 Å². The number of piperidine rings is 1. The summed E-state index contributed by atoms with van der Waals surface area (Å²) in [6.07, 6.45) is 4.48. The molecular weight excluding hydrogens is 424 g/mol. The number of aromatic nitrogens is 2. The van der Waals surface area contributed by atoms with E-state index in [-0.39, 0.29) is 17.5 Å². The molecule has 2 aliphatic rings. The molecule has 2 atom stereocenters. The Labute approximate surface area is 192 Å². The molecule has 0 unspecified atom stereocenters. The number of hydrogen-bond acceptors (Lipinski definition) is 6. The fraction of sp³-hybridized carbons (Fsp3) is 0.625. The molecule has 2 aliphatic heterocycles. The SMILES string of the molecule is COc1ccc([C@@H](CNCc2c(C)nn([C@@H]3CCS(=O)(=O)C3)c2C)N2CCCCC2)cc1. The second-order valence-corrected chi connectivity index (χ2v) is 11.4. The summed E-state index contributed by atoms with van der Waals surface area (Å²) in [5.74, 6) is 1.35. The van der Waals surface area contributed by atoms with Crippen molar-refractivity contribution < 1.29 is 13.2 Å². The van der Waals surface area contributed by atoms with E-state index in [0.717, 1.165) is 43.3 Å². The zero-order chi connectivity index (χ0) is 22.7. The summed E-state index contributed by atoms with van der Waals surface area (Å²) in [5, 5.41) is 8.39. The van der Waals surface area contributed by atoms with E-state index in [2.05, 4.69) is 29.3 Å². The summed E-state index contributed by atoms with van der Waals surface area (Å²) in [5.41, 5.74) is 4.55. The monoisotopic (exact) mass is 460 g/mol. The van der Waals surface area contributed by atoms with E-state index >= 15 is 0 Å². The van der Waals surface area contributed by atoms with Crippen LogP contribution in [0.4, 0.5) is 0 Å². The van der Waals surface area contributed by atoms with E-state index in [1.807, 2.05) is 23.7 Å². The van der Waals surface area contributed by atoms with Gasteiger partial charge < -0.3 is 10.1 Å². The van der Waals surface area contributed by atoms with Gasteiger partial charge in [0, 0.05) is 30.4 Å². The van der Waals surface area contributed by atoms with E-state index in [1.165, 1.54) is 30.4 Å². The molecule has 0 saturated carbocycles. The van der Waals surface area contributed by atoms with Crippen molar-refractivity contribution in [3.8, 4) is 5.75 Å². The minimum atomic E-state index is -2.93. The Balaban J connectivity index is 1.45. The summed E-state index contributed by atoms with van der Waals surface area (Å²) in [6, 6.07) is 8.72. The van der Waals surface area contributed by atoms with Crippen LogP contribution in [0, 0.1) is 13.8 Å². The molecule has 4 rings (SSSR count). The maximum atomic E-state index is 11.9. The van der Waals surface area contributed by atoms with Crippen LogP contribution in [0.2, 0.25) is 0 Å². The Hall–Kier alpha value is -1.90. The van der Waals surface area contributed by atoms with Gasteiger partial charge in [-0.25, -0.2) is 8.42 Å². The average Bonchev–Trinajstić information content (AvgIpc) is 3.30. The van der Waals surface area contributed by atoms with Crippen molar-refractivity contribution in [3.05, 3.63) is 46.8 Å². The number of nitrogens with zero attached hydrogens (tertiary/aromatic N) is 3. The van der Waals surface area contributed by atoms with Crippen molar-refractivity contribution in [2.45, 2.75) is 58.2 Å². The first-order valence-electron chi connectivity index (χ1n) is 11.7. The zero-order valence-corrected chi connectivity index (χ0v) is 20.3. The molecule has 0 aliphatic carbocycles. The molecule has 3 heterocycles. The van der Waals surface area contributed by atoms with Crippen LogP contribution in [-0.2, 0) is 16.4 Å². The highest BCUT2D eigenvalue weighted by molar-refractivity contribution is 7.91. The van der Waals surface area contributed by atoms with Gasteiger partial charge in [-0.2, -0.15) is 5.10 Å². The lowest BCUT2D eigenvalue weighted by Crippen LogP contribution is -2.39. The second-order valence-electron chi connectivity index (χ2n) is 9.17. The maximum Gasteiger partial charge on any atom is 0.152 e. The van der Waals surface area contributed by atoms with Crippen molar-refractivity contribution >= 4 is 9.84 Å². The lowest BCUT2D eigenvalue weighted by Gasteiger charge is -2.35. The number of rotatable bonds is 8. The third-order valence-electron chi connectivity index (χ3n) is 7.00. The van der Waals surface area contributed by atoms with Crippen LogP contribution in [-0.4, -0.2) is 61.3 Å². The van der Waals surface area contributed by atoms with Gasteiger partial charge in [0.15, 0.2) is 9.84 Å². The van der Waals surface area contributed by atoms with E-state index in [0.29, 0.717) is 12.5 Å². The van der Waals surface area contributed by atoms with Gasteiger partial charge in [-0.15, -0.1) is 0 Å². The van der Waals surface area contributed by atoms with Gasteiger partial charge >= 0.3 is 0 Å². The smallest absolute Gasteiger partial charge is 0.152 e. The number of hydrogen-bond donors (Lipinski definition) is 1. The third-order valence-corrected chi connectivity index (χ3v) is 8.75. The molecule has 2 aromatic rings. The lowest BCUT2D eigenvalue weighted by atomic mass is 10.0. The molecule has 7 nitrogen and oxygen atoms in total. The number of aryl methyl sites for hydroxylation is 1. The minimum Gasteiger partial charge on any atom is -0.497 e. The maximum absolute atomic E-state index is 11.9. The molecule has 8 heteroatoms. The van der Waals surface area contributed by atoms with Gasteiger partial charge in [-0.1, -0.05) is 18.6 Å². The van der Waals surface area contributed by atoms with Gasteiger partial charge in [0.1, 0.15) is 5.75 Å². The van der Waals surface area contributed by atoms with E-state index in [4.69, 9.17) is 9.84 Å².